The van der Waals surface area contributed by atoms with Crippen molar-refractivity contribution in [3.8, 4) is 0 Å². The van der Waals surface area contributed by atoms with Gasteiger partial charge in [-0.05, 0) is 19.8 Å². The topological polar surface area (TPSA) is 20.3 Å². The van der Waals surface area contributed by atoms with Crippen molar-refractivity contribution < 1.29 is 4.79 Å². The predicted octanol–water partition coefficient (Wildman–Crippen LogP) is 2.03. The predicted molar refractivity (Wildman–Crippen MR) is 51.0 cm³/mol. The van der Waals surface area contributed by atoms with Crippen LogP contribution in [0.4, 0.5) is 0 Å². The molecule has 0 atom stereocenters. The van der Waals surface area contributed by atoms with E-state index in [0.717, 1.165) is 24.7 Å². The van der Waals surface area contributed by atoms with Gasteiger partial charge in [0.25, 0.3) is 0 Å². The second-order valence-corrected chi connectivity index (χ2v) is 3.35. The van der Waals surface area contributed by atoms with Gasteiger partial charge in [-0.3, -0.25) is 4.79 Å². The second-order valence-electron chi connectivity index (χ2n) is 2.55. The van der Waals surface area contributed by atoms with Crippen LogP contribution < -0.4 is 0 Å². The van der Waals surface area contributed by atoms with Gasteiger partial charge in [-0.15, -0.1) is 0 Å². The van der Waals surface area contributed by atoms with Crippen molar-refractivity contribution in [3.63, 3.8) is 0 Å². The highest BCUT2D eigenvalue weighted by Gasteiger charge is 2.04. The summed E-state index contributed by atoms with van der Waals surface area (Å²) in [6.07, 6.45) is 2.77. The number of rotatable bonds is 5. The molecule has 3 heteroatoms. The van der Waals surface area contributed by atoms with Crippen LogP contribution in [-0.4, -0.2) is 29.7 Å². The van der Waals surface area contributed by atoms with Crippen molar-refractivity contribution >= 4 is 21.8 Å². The molecule has 0 aliphatic carbocycles. The fourth-order valence-electron chi connectivity index (χ4n) is 0.738. The van der Waals surface area contributed by atoms with E-state index in [0.29, 0.717) is 6.42 Å². The van der Waals surface area contributed by atoms with Crippen molar-refractivity contribution in [2.45, 2.75) is 26.2 Å². The Kier molecular flexibility index (Phi) is 6.62. The zero-order valence-electron chi connectivity index (χ0n) is 7.27. The average molecular weight is 222 g/mol. The molecule has 0 aromatic rings. The van der Waals surface area contributed by atoms with Gasteiger partial charge in [0.15, 0.2) is 0 Å². The number of alkyl halides is 1. The van der Waals surface area contributed by atoms with Crippen LogP contribution in [-0.2, 0) is 4.79 Å². The molecule has 0 unspecified atom stereocenters. The number of nitrogens with zero attached hydrogens (tertiary/aromatic N) is 1. The molecule has 11 heavy (non-hydrogen) atoms. The molecule has 0 fully saturated rings. The minimum absolute atomic E-state index is 0.258. The maximum atomic E-state index is 11.2. The van der Waals surface area contributed by atoms with E-state index in [1.54, 1.807) is 4.90 Å². The van der Waals surface area contributed by atoms with Gasteiger partial charge in [-0.2, -0.15) is 0 Å². The minimum atomic E-state index is 0.258. The van der Waals surface area contributed by atoms with Gasteiger partial charge >= 0.3 is 0 Å². The van der Waals surface area contributed by atoms with Crippen LogP contribution in [0.15, 0.2) is 0 Å². The smallest absolute Gasteiger partial charge is 0.222 e. The number of hydrogen-bond donors (Lipinski definition) is 0. The van der Waals surface area contributed by atoms with Crippen molar-refractivity contribution in [1.29, 1.82) is 0 Å². The zero-order valence-corrected chi connectivity index (χ0v) is 8.85. The summed E-state index contributed by atoms with van der Waals surface area (Å²) in [5, 5.41) is 0.996. The van der Waals surface area contributed by atoms with Crippen LogP contribution in [0.25, 0.3) is 0 Å². The zero-order chi connectivity index (χ0) is 8.69. The van der Waals surface area contributed by atoms with Crippen molar-refractivity contribution in [2.75, 3.05) is 18.9 Å². The van der Waals surface area contributed by atoms with Crippen molar-refractivity contribution in [1.82, 2.24) is 4.90 Å². The highest BCUT2D eigenvalue weighted by atomic mass is 79.9. The van der Waals surface area contributed by atoms with E-state index in [2.05, 4.69) is 15.9 Å². The summed E-state index contributed by atoms with van der Waals surface area (Å²) in [5.74, 6) is 0.258. The van der Waals surface area contributed by atoms with E-state index < -0.39 is 0 Å². The standard InChI is InChI=1S/C8H16BrNO/c1-3-10(2)8(11)6-4-5-7-9/h3-7H2,1-2H3. The summed E-state index contributed by atoms with van der Waals surface area (Å²) in [5.41, 5.74) is 0. The van der Waals surface area contributed by atoms with E-state index in [9.17, 15) is 4.79 Å². The Morgan fingerprint density at radius 1 is 1.45 bits per heavy atom. The molecule has 66 valence electrons. The first kappa shape index (κ1) is 11.0. The maximum Gasteiger partial charge on any atom is 0.222 e. The number of unbranched alkanes of at least 4 members (excludes halogenated alkanes) is 1. The fourth-order valence-corrected chi connectivity index (χ4v) is 1.13. The molecule has 0 aliphatic heterocycles. The highest BCUT2D eigenvalue weighted by molar-refractivity contribution is 9.09. The van der Waals surface area contributed by atoms with E-state index in [1.807, 2.05) is 14.0 Å². The van der Waals surface area contributed by atoms with E-state index >= 15 is 0 Å². The molecule has 0 aromatic carbocycles. The van der Waals surface area contributed by atoms with Crippen LogP contribution in [0.1, 0.15) is 26.2 Å². The molecular formula is C8H16BrNO. The fraction of sp³-hybridized carbons (Fsp3) is 0.875. The first-order valence-corrected chi connectivity index (χ1v) is 5.14. The van der Waals surface area contributed by atoms with Crippen LogP contribution in [0.3, 0.4) is 0 Å². The molecule has 0 N–H and O–H groups in total. The third kappa shape index (κ3) is 5.24. The van der Waals surface area contributed by atoms with Crippen molar-refractivity contribution in [3.05, 3.63) is 0 Å². The number of carbonyl (C=O) groups excluding carboxylic acids is 1. The average Bonchev–Trinajstić information content (AvgIpc) is 2.03. The lowest BCUT2D eigenvalue weighted by Gasteiger charge is -2.13. The monoisotopic (exact) mass is 221 g/mol. The Hall–Kier alpha value is -0.0500. The SMILES string of the molecule is CCN(C)C(=O)CCCCBr. The normalized spacial score (nSPS) is 9.73. The number of carbonyl (C=O) groups is 1. The molecule has 1 amide bonds. The Morgan fingerprint density at radius 2 is 2.09 bits per heavy atom. The van der Waals surface area contributed by atoms with Gasteiger partial charge in [-0.1, -0.05) is 15.9 Å². The Labute approximate surface area is 77.1 Å². The van der Waals surface area contributed by atoms with Crippen LogP contribution >= 0.6 is 15.9 Å². The van der Waals surface area contributed by atoms with Crippen LogP contribution in [0.5, 0.6) is 0 Å². The maximum absolute atomic E-state index is 11.2. The largest absolute Gasteiger partial charge is 0.346 e. The molecule has 0 saturated carbocycles. The number of hydrogen-bond acceptors (Lipinski definition) is 1. The number of halogens is 1. The van der Waals surface area contributed by atoms with Gasteiger partial charge in [0.1, 0.15) is 0 Å². The molecule has 0 radical (unpaired) electrons. The lowest BCUT2D eigenvalue weighted by molar-refractivity contribution is -0.129. The van der Waals surface area contributed by atoms with Gasteiger partial charge in [0.2, 0.25) is 5.91 Å². The molecule has 0 heterocycles. The highest BCUT2D eigenvalue weighted by Crippen LogP contribution is 2.00. The lowest BCUT2D eigenvalue weighted by atomic mass is 10.2. The molecule has 0 saturated heterocycles. The molecule has 0 aromatic heterocycles. The first-order chi connectivity index (χ1) is 5.22. The third-order valence-corrected chi connectivity index (χ3v) is 2.24. The lowest BCUT2D eigenvalue weighted by Crippen LogP contribution is -2.25. The summed E-state index contributed by atoms with van der Waals surface area (Å²) >= 11 is 3.33. The summed E-state index contributed by atoms with van der Waals surface area (Å²) in [7, 11) is 1.84. The molecule has 2 nitrogen and oxygen atoms in total. The van der Waals surface area contributed by atoms with E-state index in [-0.39, 0.29) is 5.91 Å². The van der Waals surface area contributed by atoms with Gasteiger partial charge in [-0.25, -0.2) is 0 Å². The van der Waals surface area contributed by atoms with Gasteiger partial charge in [0.05, 0.1) is 0 Å². The van der Waals surface area contributed by atoms with E-state index in [1.165, 1.54) is 0 Å². The van der Waals surface area contributed by atoms with Gasteiger partial charge in [0, 0.05) is 25.3 Å². The van der Waals surface area contributed by atoms with Crippen molar-refractivity contribution in [2.24, 2.45) is 0 Å². The quantitative estimate of drug-likeness (QED) is 0.514. The minimum Gasteiger partial charge on any atom is -0.346 e. The summed E-state index contributed by atoms with van der Waals surface area (Å²) in [4.78, 5) is 12.9. The Morgan fingerprint density at radius 3 is 2.55 bits per heavy atom. The van der Waals surface area contributed by atoms with E-state index in [4.69, 9.17) is 0 Å². The first-order valence-electron chi connectivity index (χ1n) is 4.02. The number of amides is 1. The Balaban J connectivity index is 3.36. The van der Waals surface area contributed by atoms with Gasteiger partial charge < -0.3 is 4.90 Å². The molecule has 0 aliphatic rings. The molecule has 0 rings (SSSR count). The third-order valence-electron chi connectivity index (χ3n) is 1.67. The summed E-state index contributed by atoms with van der Waals surface area (Å²) in [6, 6.07) is 0. The molecule has 0 bridgehead atoms. The Bertz CT molecular complexity index is 117. The molecule has 0 spiro atoms. The summed E-state index contributed by atoms with van der Waals surface area (Å²) in [6.45, 7) is 2.80. The van der Waals surface area contributed by atoms with Crippen LogP contribution in [0, 0.1) is 0 Å². The molecular weight excluding hydrogens is 206 g/mol. The summed E-state index contributed by atoms with van der Waals surface area (Å²) < 4.78 is 0. The second kappa shape index (κ2) is 6.65. The van der Waals surface area contributed by atoms with Crippen LogP contribution in [0.2, 0.25) is 0 Å².